The lowest BCUT2D eigenvalue weighted by Gasteiger charge is -2.03. The Morgan fingerprint density at radius 1 is 1.40 bits per heavy atom. The Hall–Kier alpha value is -2.08. The Kier molecular flexibility index (Phi) is 3.83. The van der Waals surface area contributed by atoms with E-state index < -0.39 is 0 Å². The number of thiazole rings is 1. The van der Waals surface area contributed by atoms with Gasteiger partial charge in [0.15, 0.2) is 5.13 Å². The second kappa shape index (κ2) is 5.92. The quantitative estimate of drug-likeness (QED) is 0.708. The Morgan fingerprint density at radius 3 is 3.15 bits per heavy atom. The first-order valence-corrected chi connectivity index (χ1v) is 7.31. The topological polar surface area (TPSA) is 52.0 Å². The molecule has 0 fully saturated rings. The maximum absolute atomic E-state index is 5.32. The van der Waals surface area contributed by atoms with E-state index >= 15 is 0 Å². The summed E-state index contributed by atoms with van der Waals surface area (Å²) in [6, 6.07) is 5.99. The van der Waals surface area contributed by atoms with E-state index in [1.807, 2.05) is 24.7 Å². The molecular formula is C14H16N4OS. The second-order valence-corrected chi connectivity index (χ2v) is 5.44. The third kappa shape index (κ3) is 2.75. The van der Waals surface area contributed by atoms with Gasteiger partial charge in [0.1, 0.15) is 11.3 Å². The van der Waals surface area contributed by atoms with Gasteiger partial charge in [0.05, 0.1) is 18.1 Å². The molecule has 0 aliphatic carbocycles. The summed E-state index contributed by atoms with van der Waals surface area (Å²) >= 11 is 1.65. The van der Waals surface area contributed by atoms with Crippen molar-refractivity contribution in [2.24, 2.45) is 0 Å². The molecule has 1 N–H and O–H groups in total. The van der Waals surface area contributed by atoms with E-state index in [-0.39, 0.29) is 0 Å². The van der Waals surface area contributed by atoms with Crippen LogP contribution in [0.2, 0.25) is 0 Å². The molecule has 2 heterocycles. The van der Waals surface area contributed by atoms with Gasteiger partial charge >= 0.3 is 0 Å². The number of para-hydroxylation sites is 1. The lowest BCUT2D eigenvalue weighted by Crippen LogP contribution is -2.05. The highest BCUT2D eigenvalue weighted by Gasteiger charge is 2.07. The Bertz CT molecular complexity index is 678. The third-order valence-corrected chi connectivity index (χ3v) is 4.01. The van der Waals surface area contributed by atoms with Gasteiger partial charge in [-0.3, -0.25) is 0 Å². The van der Waals surface area contributed by atoms with Gasteiger partial charge in [-0.25, -0.2) is 9.97 Å². The van der Waals surface area contributed by atoms with Crippen molar-refractivity contribution in [1.82, 2.24) is 14.5 Å². The number of hydrogen-bond donors (Lipinski definition) is 1. The summed E-state index contributed by atoms with van der Waals surface area (Å²) < 4.78 is 8.53. The van der Waals surface area contributed by atoms with E-state index in [0.29, 0.717) is 0 Å². The van der Waals surface area contributed by atoms with Crippen LogP contribution in [0.1, 0.15) is 6.42 Å². The number of anilines is 1. The molecule has 0 bridgehead atoms. The average molecular weight is 288 g/mol. The molecule has 2 aromatic heterocycles. The monoisotopic (exact) mass is 288 g/mol. The summed E-state index contributed by atoms with van der Waals surface area (Å²) in [7, 11) is 1.67. The SMILES string of the molecule is COc1cccc2sc(NCCCn3ccnc3)nc12. The summed E-state index contributed by atoms with van der Waals surface area (Å²) in [5.74, 6) is 0.824. The van der Waals surface area contributed by atoms with Crippen molar-refractivity contribution >= 4 is 26.7 Å². The van der Waals surface area contributed by atoms with Crippen LogP contribution in [0.15, 0.2) is 36.9 Å². The van der Waals surface area contributed by atoms with Crippen LogP contribution < -0.4 is 10.1 Å². The van der Waals surface area contributed by atoms with E-state index in [1.165, 1.54) is 0 Å². The smallest absolute Gasteiger partial charge is 0.183 e. The van der Waals surface area contributed by atoms with Crippen molar-refractivity contribution < 1.29 is 4.74 Å². The molecule has 0 aliphatic heterocycles. The molecule has 104 valence electrons. The average Bonchev–Trinajstić information content (AvgIpc) is 3.11. The summed E-state index contributed by atoms with van der Waals surface area (Å²) in [6.45, 7) is 1.85. The van der Waals surface area contributed by atoms with Crippen molar-refractivity contribution in [2.45, 2.75) is 13.0 Å². The minimum atomic E-state index is 0.824. The first-order chi connectivity index (χ1) is 9.86. The van der Waals surface area contributed by atoms with Gasteiger partial charge in [-0.15, -0.1) is 0 Å². The van der Waals surface area contributed by atoms with Crippen molar-refractivity contribution in [3.63, 3.8) is 0 Å². The summed E-state index contributed by atoms with van der Waals surface area (Å²) in [4.78, 5) is 8.61. The molecule has 0 saturated heterocycles. The van der Waals surface area contributed by atoms with Gasteiger partial charge in [0, 0.05) is 25.5 Å². The molecule has 0 aliphatic rings. The first-order valence-electron chi connectivity index (χ1n) is 6.50. The summed E-state index contributed by atoms with van der Waals surface area (Å²) in [6.07, 6.45) is 6.64. The Labute approximate surface area is 121 Å². The number of hydrogen-bond acceptors (Lipinski definition) is 5. The largest absolute Gasteiger partial charge is 0.494 e. The van der Waals surface area contributed by atoms with Crippen molar-refractivity contribution in [3.8, 4) is 5.75 Å². The van der Waals surface area contributed by atoms with Crippen LogP contribution in [-0.2, 0) is 6.54 Å². The van der Waals surface area contributed by atoms with E-state index in [1.54, 1.807) is 24.6 Å². The molecule has 3 aromatic rings. The van der Waals surface area contributed by atoms with Crippen molar-refractivity contribution in [2.75, 3.05) is 19.0 Å². The maximum Gasteiger partial charge on any atom is 0.183 e. The van der Waals surface area contributed by atoms with Crippen LogP contribution in [0.4, 0.5) is 5.13 Å². The van der Waals surface area contributed by atoms with Crippen molar-refractivity contribution in [3.05, 3.63) is 36.9 Å². The van der Waals surface area contributed by atoms with Gasteiger partial charge < -0.3 is 14.6 Å². The first kappa shape index (κ1) is 12.9. The van der Waals surface area contributed by atoms with E-state index in [0.717, 1.165) is 40.6 Å². The highest BCUT2D eigenvalue weighted by atomic mass is 32.1. The van der Waals surface area contributed by atoms with Gasteiger partial charge in [-0.1, -0.05) is 17.4 Å². The molecule has 0 radical (unpaired) electrons. The van der Waals surface area contributed by atoms with Gasteiger partial charge in [0.2, 0.25) is 0 Å². The molecule has 3 rings (SSSR count). The van der Waals surface area contributed by atoms with Crippen LogP contribution in [0.25, 0.3) is 10.2 Å². The number of nitrogens with one attached hydrogen (secondary N) is 1. The number of nitrogens with zero attached hydrogens (tertiary/aromatic N) is 3. The number of aryl methyl sites for hydroxylation is 1. The molecule has 0 amide bonds. The molecule has 0 atom stereocenters. The molecule has 6 heteroatoms. The molecule has 20 heavy (non-hydrogen) atoms. The minimum Gasteiger partial charge on any atom is -0.494 e. The highest BCUT2D eigenvalue weighted by Crippen LogP contribution is 2.31. The standard InChI is InChI=1S/C14H16N4OS/c1-19-11-4-2-5-12-13(11)17-14(20-12)16-6-3-8-18-9-7-15-10-18/h2,4-5,7,9-10H,3,6,8H2,1H3,(H,16,17). The fraction of sp³-hybridized carbons (Fsp3) is 0.286. The molecule has 1 aromatic carbocycles. The van der Waals surface area contributed by atoms with Gasteiger partial charge in [-0.05, 0) is 18.6 Å². The highest BCUT2D eigenvalue weighted by molar-refractivity contribution is 7.22. The fourth-order valence-electron chi connectivity index (χ4n) is 2.04. The number of methoxy groups -OCH3 is 1. The Balaban J connectivity index is 1.60. The maximum atomic E-state index is 5.32. The number of benzene rings is 1. The fourth-order valence-corrected chi connectivity index (χ4v) is 2.95. The molecule has 0 spiro atoms. The molecule has 0 unspecified atom stereocenters. The van der Waals surface area contributed by atoms with Crippen LogP contribution in [0, 0.1) is 0 Å². The lowest BCUT2D eigenvalue weighted by molar-refractivity contribution is 0.419. The number of rotatable bonds is 6. The number of imidazole rings is 1. The van der Waals surface area contributed by atoms with Crippen LogP contribution in [0.5, 0.6) is 5.75 Å². The van der Waals surface area contributed by atoms with Crippen LogP contribution >= 0.6 is 11.3 Å². The lowest BCUT2D eigenvalue weighted by atomic mass is 10.3. The van der Waals surface area contributed by atoms with E-state index in [9.17, 15) is 0 Å². The molecular weight excluding hydrogens is 272 g/mol. The van der Waals surface area contributed by atoms with Crippen LogP contribution in [0.3, 0.4) is 0 Å². The van der Waals surface area contributed by atoms with Crippen LogP contribution in [-0.4, -0.2) is 28.2 Å². The summed E-state index contributed by atoms with van der Waals surface area (Å²) in [5.41, 5.74) is 0.928. The second-order valence-electron chi connectivity index (χ2n) is 4.41. The molecule has 5 nitrogen and oxygen atoms in total. The predicted octanol–water partition coefficient (Wildman–Crippen LogP) is 3.00. The Morgan fingerprint density at radius 2 is 2.35 bits per heavy atom. The number of ether oxygens (including phenoxy) is 1. The zero-order valence-corrected chi connectivity index (χ0v) is 12.1. The zero-order chi connectivity index (χ0) is 13.8. The summed E-state index contributed by atoms with van der Waals surface area (Å²) in [5, 5.41) is 4.31. The zero-order valence-electron chi connectivity index (χ0n) is 11.2. The normalized spacial score (nSPS) is 10.8. The van der Waals surface area contributed by atoms with E-state index in [2.05, 4.69) is 25.9 Å². The number of fused-ring (bicyclic) bond motifs is 1. The molecule has 0 saturated carbocycles. The predicted molar refractivity (Wildman–Crippen MR) is 81.5 cm³/mol. The number of aromatic nitrogens is 3. The van der Waals surface area contributed by atoms with E-state index in [4.69, 9.17) is 4.74 Å². The van der Waals surface area contributed by atoms with Crippen molar-refractivity contribution in [1.29, 1.82) is 0 Å². The van der Waals surface area contributed by atoms with Gasteiger partial charge in [0.25, 0.3) is 0 Å². The third-order valence-electron chi connectivity index (χ3n) is 3.03. The minimum absolute atomic E-state index is 0.824. The van der Waals surface area contributed by atoms with Gasteiger partial charge in [-0.2, -0.15) is 0 Å².